The van der Waals surface area contributed by atoms with Crippen molar-refractivity contribution in [1.82, 2.24) is 19.5 Å². The van der Waals surface area contributed by atoms with E-state index in [1.165, 1.54) is 10.6 Å². The lowest BCUT2D eigenvalue weighted by Gasteiger charge is -2.12. The summed E-state index contributed by atoms with van der Waals surface area (Å²) in [6, 6.07) is 5.40. The average molecular weight is 438 g/mol. The number of nitrogens with zero attached hydrogens (tertiary/aromatic N) is 4. The van der Waals surface area contributed by atoms with Gasteiger partial charge in [-0.05, 0) is 25.1 Å². The molecule has 31 heavy (non-hydrogen) atoms. The van der Waals surface area contributed by atoms with Gasteiger partial charge in [0.2, 0.25) is 5.95 Å². The van der Waals surface area contributed by atoms with E-state index >= 15 is 0 Å². The van der Waals surface area contributed by atoms with Gasteiger partial charge in [-0.15, -0.1) is 0 Å². The summed E-state index contributed by atoms with van der Waals surface area (Å²) in [7, 11) is 0. The highest BCUT2D eigenvalue weighted by molar-refractivity contribution is 5.78. The van der Waals surface area contributed by atoms with E-state index in [0.717, 1.165) is 18.2 Å². The van der Waals surface area contributed by atoms with E-state index in [9.17, 15) is 26.3 Å². The number of nitrogen functional groups attached to an aromatic ring is 1. The first kappa shape index (κ1) is 20.4. The lowest BCUT2D eigenvalue weighted by atomic mass is 10.2. The van der Waals surface area contributed by atoms with Gasteiger partial charge < -0.3 is 11.1 Å². The van der Waals surface area contributed by atoms with Gasteiger partial charge >= 0.3 is 6.18 Å². The number of halogens is 6. The Morgan fingerprint density at radius 3 is 2.29 bits per heavy atom. The summed E-state index contributed by atoms with van der Waals surface area (Å²) in [5.41, 5.74) is 4.70. The number of aromatic nitrogens is 4. The van der Waals surface area contributed by atoms with Crippen molar-refractivity contribution in [3.05, 3.63) is 65.2 Å². The van der Waals surface area contributed by atoms with E-state index < -0.39 is 29.2 Å². The summed E-state index contributed by atoms with van der Waals surface area (Å²) < 4.78 is 80.6. The molecule has 4 rings (SSSR count). The zero-order valence-electron chi connectivity index (χ0n) is 15.6. The maximum atomic E-state index is 13.8. The Balaban J connectivity index is 1.75. The lowest BCUT2D eigenvalue weighted by molar-refractivity contribution is -0.139. The third kappa shape index (κ3) is 3.83. The van der Waals surface area contributed by atoms with Crippen LogP contribution in [-0.4, -0.2) is 19.5 Å². The predicted molar refractivity (Wildman–Crippen MR) is 100 cm³/mol. The summed E-state index contributed by atoms with van der Waals surface area (Å²) >= 11 is 0. The fourth-order valence-electron chi connectivity index (χ4n) is 3.03. The molecule has 160 valence electrons. The minimum absolute atomic E-state index is 0.0186. The average Bonchev–Trinajstić information content (AvgIpc) is 2.95. The van der Waals surface area contributed by atoms with Gasteiger partial charge in [0, 0.05) is 23.9 Å². The number of fused-ring (bicyclic) bond motifs is 1. The maximum Gasteiger partial charge on any atom is 0.419 e. The zero-order valence-corrected chi connectivity index (χ0v) is 15.6. The van der Waals surface area contributed by atoms with Crippen LogP contribution in [0.15, 0.2) is 36.4 Å². The monoisotopic (exact) mass is 438 g/mol. The third-order valence-electron chi connectivity index (χ3n) is 4.35. The van der Waals surface area contributed by atoms with Crippen molar-refractivity contribution in [1.29, 1.82) is 0 Å². The molecule has 0 aliphatic rings. The number of anilines is 3. The first-order valence-electron chi connectivity index (χ1n) is 8.66. The molecule has 12 heteroatoms. The Morgan fingerprint density at radius 2 is 1.61 bits per heavy atom. The molecule has 0 aliphatic heterocycles. The molecule has 0 atom stereocenters. The molecule has 2 aromatic heterocycles. The van der Waals surface area contributed by atoms with Crippen molar-refractivity contribution in [2.75, 3.05) is 11.1 Å². The van der Waals surface area contributed by atoms with Crippen LogP contribution in [0.25, 0.3) is 17.0 Å². The number of nitrogens with one attached hydrogen (secondary N) is 1. The number of aryl methyl sites for hydroxylation is 1. The van der Waals surface area contributed by atoms with Crippen LogP contribution in [-0.2, 0) is 6.18 Å². The fourth-order valence-corrected chi connectivity index (χ4v) is 3.03. The molecule has 0 spiro atoms. The van der Waals surface area contributed by atoms with Crippen molar-refractivity contribution in [2.24, 2.45) is 0 Å². The Kier molecular flexibility index (Phi) is 4.71. The third-order valence-corrected chi connectivity index (χ3v) is 4.35. The second kappa shape index (κ2) is 7.15. The van der Waals surface area contributed by atoms with Crippen molar-refractivity contribution in [3.63, 3.8) is 0 Å². The van der Waals surface area contributed by atoms with Crippen molar-refractivity contribution in [2.45, 2.75) is 13.1 Å². The maximum absolute atomic E-state index is 13.8. The largest absolute Gasteiger partial charge is 0.419 e. The second-order valence-electron chi connectivity index (χ2n) is 6.54. The summed E-state index contributed by atoms with van der Waals surface area (Å²) in [5, 5.41) is 2.65. The molecular weight excluding hydrogens is 426 g/mol. The van der Waals surface area contributed by atoms with Crippen LogP contribution in [0.4, 0.5) is 43.7 Å². The van der Waals surface area contributed by atoms with Crippen LogP contribution in [0.2, 0.25) is 0 Å². The number of alkyl halides is 3. The minimum Gasteiger partial charge on any atom is -0.383 e. The predicted octanol–water partition coefficient (Wildman–Crippen LogP) is 4.89. The number of benzene rings is 2. The normalized spacial score (nSPS) is 11.8. The first-order chi connectivity index (χ1) is 14.5. The zero-order chi connectivity index (χ0) is 22.5. The van der Waals surface area contributed by atoms with Crippen LogP contribution in [0.3, 0.4) is 0 Å². The summed E-state index contributed by atoms with van der Waals surface area (Å²) in [6.07, 6.45) is -4.83. The van der Waals surface area contributed by atoms with Crippen molar-refractivity contribution >= 4 is 28.4 Å². The molecule has 2 aromatic carbocycles. The lowest BCUT2D eigenvalue weighted by Crippen LogP contribution is -2.09. The molecule has 0 saturated heterocycles. The Labute approximate surface area is 170 Å². The molecule has 3 N–H and O–H groups in total. The number of imidazole rings is 1. The topological polar surface area (TPSA) is 81.7 Å². The van der Waals surface area contributed by atoms with Crippen LogP contribution in [0.5, 0.6) is 0 Å². The van der Waals surface area contributed by atoms with Crippen molar-refractivity contribution < 1.29 is 26.3 Å². The van der Waals surface area contributed by atoms with E-state index in [1.54, 1.807) is 6.92 Å². The van der Waals surface area contributed by atoms with Crippen LogP contribution in [0.1, 0.15) is 11.4 Å². The van der Waals surface area contributed by atoms with Gasteiger partial charge in [-0.25, -0.2) is 18.2 Å². The van der Waals surface area contributed by atoms with Gasteiger partial charge in [0.05, 0.1) is 16.6 Å². The molecular formula is C19H12F6N6. The van der Waals surface area contributed by atoms with Crippen molar-refractivity contribution in [3.8, 4) is 5.95 Å². The van der Waals surface area contributed by atoms with Crippen LogP contribution >= 0.6 is 0 Å². The van der Waals surface area contributed by atoms with E-state index in [-0.39, 0.29) is 34.3 Å². The van der Waals surface area contributed by atoms with Gasteiger partial charge in [-0.1, -0.05) is 0 Å². The summed E-state index contributed by atoms with van der Waals surface area (Å²) in [5.74, 6) is -3.39. The van der Waals surface area contributed by atoms with E-state index in [2.05, 4.69) is 20.3 Å². The quantitative estimate of drug-likeness (QED) is 0.446. The number of hydrogen-bond donors (Lipinski definition) is 2. The highest BCUT2D eigenvalue weighted by Crippen LogP contribution is 2.33. The Bertz CT molecular complexity index is 1310. The van der Waals surface area contributed by atoms with E-state index in [1.807, 2.05) is 0 Å². The standard InChI is InChI=1S/C19H12F6N6/c1-8-27-14-5-12(21)13(22)6-15(14)31(8)18-29-16(26)7-17(30-18)28-9-2-3-10(11(20)4-9)19(23,24)25/h2-7H,1H3,(H3,26,28,29,30). The van der Waals surface area contributed by atoms with Gasteiger partial charge in [0.25, 0.3) is 0 Å². The number of hydrogen-bond acceptors (Lipinski definition) is 5. The molecule has 0 bridgehead atoms. The molecule has 0 radical (unpaired) electrons. The SMILES string of the molecule is Cc1nc2cc(F)c(F)cc2n1-c1nc(N)cc(Nc2ccc(C(F)(F)F)c(F)c2)n1. The Hall–Kier alpha value is -3.83. The molecule has 0 fully saturated rings. The fraction of sp³-hybridized carbons (Fsp3) is 0.105. The van der Waals surface area contributed by atoms with E-state index in [0.29, 0.717) is 18.0 Å². The first-order valence-corrected chi connectivity index (χ1v) is 8.66. The van der Waals surface area contributed by atoms with Gasteiger partial charge in [-0.3, -0.25) is 4.57 Å². The van der Waals surface area contributed by atoms with Crippen LogP contribution in [0, 0.1) is 24.4 Å². The van der Waals surface area contributed by atoms with Gasteiger partial charge in [-0.2, -0.15) is 23.1 Å². The smallest absolute Gasteiger partial charge is 0.383 e. The van der Waals surface area contributed by atoms with Crippen LogP contribution < -0.4 is 11.1 Å². The highest BCUT2D eigenvalue weighted by atomic mass is 19.4. The molecule has 0 aliphatic carbocycles. The molecule has 0 saturated carbocycles. The highest BCUT2D eigenvalue weighted by Gasteiger charge is 2.34. The molecule has 6 nitrogen and oxygen atoms in total. The molecule has 0 amide bonds. The van der Waals surface area contributed by atoms with Gasteiger partial charge in [0.15, 0.2) is 11.6 Å². The molecule has 4 aromatic rings. The number of rotatable bonds is 3. The molecule has 2 heterocycles. The summed E-state index contributed by atoms with van der Waals surface area (Å²) in [4.78, 5) is 12.4. The van der Waals surface area contributed by atoms with E-state index in [4.69, 9.17) is 5.73 Å². The number of nitrogens with two attached hydrogens (primary N) is 1. The Morgan fingerprint density at radius 1 is 0.903 bits per heavy atom. The second-order valence-corrected chi connectivity index (χ2v) is 6.54. The minimum atomic E-state index is -4.83. The summed E-state index contributed by atoms with van der Waals surface area (Å²) in [6.45, 7) is 1.56. The van der Waals surface area contributed by atoms with Gasteiger partial charge in [0.1, 0.15) is 23.3 Å². The molecule has 0 unspecified atom stereocenters.